The molecule has 2 N–H and O–H groups in total. The molecule has 2 heterocycles. The normalized spacial score (nSPS) is 17.1. The van der Waals surface area contributed by atoms with Gasteiger partial charge in [-0.25, -0.2) is 4.79 Å². The van der Waals surface area contributed by atoms with Gasteiger partial charge in [0.05, 0.1) is 12.2 Å². The van der Waals surface area contributed by atoms with Crippen molar-refractivity contribution in [3.8, 4) is 0 Å². The molecule has 0 bridgehead atoms. The SMILES string of the molecule is CC(Cc1ccco1)NC(=O)N1CC(C(=O)O)C1. The van der Waals surface area contributed by atoms with Crippen LogP contribution in [0.5, 0.6) is 0 Å². The fraction of sp³-hybridized carbons (Fsp3) is 0.500. The maximum absolute atomic E-state index is 11.7. The lowest BCUT2D eigenvalue weighted by Gasteiger charge is -2.37. The highest BCUT2D eigenvalue weighted by Crippen LogP contribution is 2.15. The van der Waals surface area contributed by atoms with Crippen LogP contribution >= 0.6 is 0 Å². The molecule has 2 amide bonds. The highest BCUT2D eigenvalue weighted by atomic mass is 16.4. The number of carbonyl (C=O) groups excluding carboxylic acids is 1. The van der Waals surface area contributed by atoms with Gasteiger partial charge in [-0.15, -0.1) is 0 Å². The molecule has 1 aliphatic heterocycles. The molecule has 98 valence electrons. The molecule has 6 heteroatoms. The Morgan fingerprint density at radius 2 is 2.33 bits per heavy atom. The second-order valence-corrected chi connectivity index (χ2v) is 4.57. The van der Waals surface area contributed by atoms with E-state index in [0.29, 0.717) is 6.42 Å². The van der Waals surface area contributed by atoms with Crippen LogP contribution in [0.15, 0.2) is 22.8 Å². The van der Waals surface area contributed by atoms with Gasteiger partial charge in [-0.3, -0.25) is 4.79 Å². The van der Waals surface area contributed by atoms with Gasteiger partial charge in [0, 0.05) is 25.6 Å². The third-order valence-electron chi connectivity index (χ3n) is 2.98. The van der Waals surface area contributed by atoms with E-state index in [4.69, 9.17) is 9.52 Å². The minimum atomic E-state index is -0.845. The van der Waals surface area contributed by atoms with Crippen LogP contribution in [0.4, 0.5) is 4.79 Å². The summed E-state index contributed by atoms with van der Waals surface area (Å²) in [5.74, 6) is -0.450. The number of nitrogens with zero attached hydrogens (tertiary/aromatic N) is 1. The lowest BCUT2D eigenvalue weighted by Crippen LogP contribution is -2.57. The summed E-state index contributed by atoms with van der Waals surface area (Å²) < 4.78 is 5.19. The van der Waals surface area contributed by atoms with Gasteiger partial charge in [-0.1, -0.05) is 0 Å². The van der Waals surface area contributed by atoms with E-state index < -0.39 is 11.9 Å². The first kappa shape index (κ1) is 12.5. The molecule has 1 aromatic rings. The van der Waals surface area contributed by atoms with E-state index in [9.17, 15) is 9.59 Å². The minimum Gasteiger partial charge on any atom is -0.481 e. The zero-order valence-corrected chi connectivity index (χ0v) is 10.1. The largest absolute Gasteiger partial charge is 0.481 e. The van der Waals surface area contributed by atoms with E-state index in [1.165, 1.54) is 4.90 Å². The molecule has 6 nitrogen and oxygen atoms in total. The molecule has 1 unspecified atom stereocenters. The number of aliphatic carboxylic acids is 1. The zero-order chi connectivity index (χ0) is 13.1. The van der Waals surface area contributed by atoms with Crippen LogP contribution in [0.2, 0.25) is 0 Å². The Morgan fingerprint density at radius 3 is 2.89 bits per heavy atom. The van der Waals surface area contributed by atoms with E-state index in [-0.39, 0.29) is 25.2 Å². The Labute approximate surface area is 105 Å². The zero-order valence-electron chi connectivity index (χ0n) is 10.1. The monoisotopic (exact) mass is 252 g/mol. The smallest absolute Gasteiger partial charge is 0.317 e. The van der Waals surface area contributed by atoms with Crippen molar-refractivity contribution < 1.29 is 19.1 Å². The first-order chi connectivity index (χ1) is 8.56. The first-order valence-corrected chi connectivity index (χ1v) is 5.87. The van der Waals surface area contributed by atoms with E-state index in [2.05, 4.69) is 5.32 Å². The maximum atomic E-state index is 11.7. The molecule has 18 heavy (non-hydrogen) atoms. The number of nitrogens with one attached hydrogen (secondary N) is 1. The van der Waals surface area contributed by atoms with Crippen molar-refractivity contribution in [1.82, 2.24) is 10.2 Å². The number of furan rings is 1. The summed E-state index contributed by atoms with van der Waals surface area (Å²) in [5, 5.41) is 11.5. The first-order valence-electron chi connectivity index (χ1n) is 5.87. The second kappa shape index (κ2) is 5.12. The maximum Gasteiger partial charge on any atom is 0.317 e. The van der Waals surface area contributed by atoms with Gasteiger partial charge in [0.25, 0.3) is 0 Å². The molecular formula is C12H16N2O4. The van der Waals surface area contributed by atoms with Crippen molar-refractivity contribution in [2.24, 2.45) is 5.92 Å². The molecule has 2 rings (SSSR count). The summed E-state index contributed by atoms with van der Waals surface area (Å²) in [7, 11) is 0. The van der Waals surface area contributed by atoms with Gasteiger partial charge < -0.3 is 19.7 Å². The number of rotatable bonds is 4. The van der Waals surface area contributed by atoms with Crippen molar-refractivity contribution in [3.63, 3.8) is 0 Å². The van der Waals surface area contributed by atoms with Gasteiger partial charge in [0.1, 0.15) is 5.76 Å². The lowest BCUT2D eigenvalue weighted by molar-refractivity contribution is -0.146. The van der Waals surface area contributed by atoms with Gasteiger partial charge in [-0.05, 0) is 19.1 Å². The second-order valence-electron chi connectivity index (χ2n) is 4.57. The van der Waals surface area contributed by atoms with E-state index >= 15 is 0 Å². The van der Waals surface area contributed by atoms with E-state index in [1.54, 1.807) is 12.3 Å². The van der Waals surface area contributed by atoms with Crippen LogP contribution in [0.25, 0.3) is 0 Å². The third kappa shape index (κ3) is 2.82. The molecule has 1 saturated heterocycles. The number of urea groups is 1. The number of hydrogen-bond donors (Lipinski definition) is 2. The Hall–Kier alpha value is -1.98. The van der Waals surface area contributed by atoms with Crippen LogP contribution < -0.4 is 5.32 Å². The Balaban J connectivity index is 1.73. The molecule has 0 aliphatic carbocycles. The number of carboxylic acids is 1. The summed E-state index contributed by atoms with van der Waals surface area (Å²) in [4.78, 5) is 23.8. The van der Waals surface area contributed by atoms with Crippen LogP contribution in [0, 0.1) is 5.92 Å². The molecule has 1 aromatic heterocycles. The van der Waals surface area contributed by atoms with Crippen LogP contribution in [-0.2, 0) is 11.2 Å². The average Bonchev–Trinajstić information content (AvgIpc) is 2.66. The number of amides is 2. The van der Waals surface area contributed by atoms with Crippen molar-refractivity contribution in [2.75, 3.05) is 13.1 Å². The number of carboxylic acid groups (broad SMARTS) is 1. The molecule has 1 atom stereocenters. The van der Waals surface area contributed by atoms with Gasteiger partial charge in [-0.2, -0.15) is 0 Å². The molecule has 1 aliphatic rings. The summed E-state index contributed by atoms with van der Waals surface area (Å²) >= 11 is 0. The van der Waals surface area contributed by atoms with Crippen LogP contribution in [-0.4, -0.2) is 41.1 Å². The highest BCUT2D eigenvalue weighted by molar-refractivity contribution is 5.79. The standard InChI is InChI=1S/C12H16N2O4/c1-8(5-10-3-2-4-18-10)13-12(17)14-6-9(7-14)11(15)16/h2-4,8-9H,5-7H2,1H3,(H,13,17)(H,15,16). The minimum absolute atomic E-state index is 0.0486. The van der Waals surface area contributed by atoms with Crippen LogP contribution in [0.1, 0.15) is 12.7 Å². The van der Waals surface area contributed by atoms with Gasteiger partial charge in [0.15, 0.2) is 0 Å². The fourth-order valence-corrected chi connectivity index (χ4v) is 1.88. The van der Waals surface area contributed by atoms with Crippen molar-refractivity contribution >= 4 is 12.0 Å². The lowest BCUT2D eigenvalue weighted by atomic mass is 10.0. The third-order valence-corrected chi connectivity index (χ3v) is 2.98. The fourth-order valence-electron chi connectivity index (χ4n) is 1.88. The summed E-state index contributed by atoms with van der Waals surface area (Å²) in [6.45, 7) is 2.46. The Kier molecular flexibility index (Phi) is 3.55. The van der Waals surface area contributed by atoms with Gasteiger partial charge >= 0.3 is 12.0 Å². The van der Waals surface area contributed by atoms with E-state index in [0.717, 1.165) is 5.76 Å². The molecule has 0 saturated carbocycles. The topological polar surface area (TPSA) is 82.8 Å². The molecular weight excluding hydrogens is 236 g/mol. The predicted octanol–water partition coefficient (Wildman–Crippen LogP) is 0.937. The summed E-state index contributed by atoms with van der Waals surface area (Å²) in [6, 6.07) is 3.39. The Morgan fingerprint density at radius 1 is 1.61 bits per heavy atom. The molecule has 0 radical (unpaired) electrons. The number of hydrogen-bond acceptors (Lipinski definition) is 3. The van der Waals surface area contributed by atoms with Crippen molar-refractivity contribution in [1.29, 1.82) is 0 Å². The average molecular weight is 252 g/mol. The Bertz CT molecular complexity index is 423. The molecule has 1 fully saturated rings. The summed E-state index contributed by atoms with van der Waals surface area (Å²) in [5.41, 5.74) is 0. The van der Waals surface area contributed by atoms with Crippen molar-refractivity contribution in [3.05, 3.63) is 24.2 Å². The van der Waals surface area contributed by atoms with Crippen molar-refractivity contribution in [2.45, 2.75) is 19.4 Å². The quantitative estimate of drug-likeness (QED) is 0.835. The van der Waals surface area contributed by atoms with Gasteiger partial charge in [0.2, 0.25) is 0 Å². The molecule has 0 spiro atoms. The van der Waals surface area contributed by atoms with Crippen LogP contribution in [0.3, 0.4) is 0 Å². The van der Waals surface area contributed by atoms with E-state index in [1.807, 2.05) is 13.0 Å². The summed E-state index contributed by atoms with van der Waals surface area (Å²) in [6.07, 6.45) is 2.21. The highest BCUT2D eigenvalue weighted by Gasteiger charge is 2.35. The number of carbonyl (C=O) groups is 2. The number of likely N-dealkylation sites (tertiary alicyclic amines) is 1. The molecule has 0 aromatic carbocycles. The predicted molar refractivity (Wildman–Crippen MR) is 63.1 cm³/mol.